The normalized spacial score (nSPS) is 16.1. The number of urea groups is 1. The van der Waals surface area contributed by atoms with E-state index in [1.807, 2.05) is 30.3 Å². The van der Waals surface area contributed by atoms with Crippen molar-refractivity contribution in [2.24, 2.45) is 16.5 Å². The number of aliphatic imine (C=N–C) groups is 1. The molecule has 8 N–H and O–H groups in total. The zero-order valence-corrected chi connectivity index (χ0v) is 21.0. The first-order valence-electron chi connectivity index (χ1n) is 12.3. The zero-order chi connectivity index (χ0) is 28.1. The molecule has 2 aromatic carbocycles. The number of carboxylic acids is 1. The molecule has 2 aromatic rings. The van der Waals surface area contributed by atoms with Crippen molar-refractivity contribution in [1.82, 2.24) is 20.9 Å². The summed E-state index contributed by atoms with van der Waals surface area (Å²) in [6.45, 7) is -0.760. The van der Waals surface area contributed by atoms with Crippen LogP contribution in [-0.4, -0.2) is 77.4 Å². The summed E-state index contributed by atoms with van der Waals surface area (Å²) in [5, 5.41) is 17.0. The number of aliphatic carboxylic acids is 1. The molecule has 1 fully saturated rings. The second-order valence-corrected chi connectivity index (χ2v) is 9.21. The predicted octanol–water partition coefficient (Wildman–Crippen LogP) is -0.469. The Kier molecular flexibility index (Phi) is 8.08. The molecule has 0 spiro atoms. The first-order chi connectivity index (χ1) is 18.7. The van der Waals surface area contributed by atoms with Gasteiger partial charge >= 0.3 is 12.0 Å². The number of imide groups is 1. The first-order valence-corrected chi connectivity index (χ1v) is 12.3. The van der Waals surface area contributed by atoms with E-state index in [2.05, 4.69) is 20.9 Å². The largest absolute Gasteiger partial charge is 0.480 e. The topological polar surface area (TPSA) is 209 Å². The van der Waals surface area contributed by atoms with Crippen LogP contribution in [0.1, 0.15) is 34.3 Å². The van der Waals surface area contributed by atoms with E-state index in [1.165, 1.54) is 0 Å². The Morgan fingerprint density at radius 2 is 1.85 bits per heavy atom. The van der Waals surface area contributed by atoms with Gasteiger partial charge in [0.1, 0.15) is 18.6 Å². The fourth-order valence-corrected chi connectivity index (χ4v) is 4.65. The second kappa shape index (κ2) is 11.6. The van der Waals surface area contributed by atoms with Crippen molar-refractivity contribution in [2.75, 3.05) is 19.6 Å². The van der Waals surface area contributed by atoms with Crippen molar-refractivity contribution < 1.29 is 29.1 Å². The maximum Gasteiger partial charge on any atom is 0.328 e. The molecule has 4 rings (SSSR count). The third-order valence-corrected chi connectivity index (χ3v) is 6.56. The molecule has 2 aliphatic rings. The van der Waals surface area contributed by atoms with E-state index in [1.54, 1.807) is 12.1 Å². The standard InChI is InChI=1S/C26H29N7O6/c27-25(28)29-10-4-9-19-23(36)33(26(39)32-19)13-21(34)30-12-20(24(37)38)31-22(35)17-8-3-7-16-15-6-2-1-5-14(15)11-18(16)17/h1-3,5-8,19-20H,4,9-13H2,(H,30,34)(H,31,35)(H,32,39)(H,37,38)(H4,27,28,29)/t19-,20?/m0/s1. The lowest BCUT2D eigenvalue weighted by atomic mass is 10.0. The maximum atomic E-state index is 13.0. The summed E-state index contributed by atoms with van der Waals surface area (Å²) in [7, 11) is 0. The van der Waals surface area contributed by atoms with Crippen molar-refractivity contribution in [3.63, 3.8) is 0 Å². The molecule has 0 bridgehead atoms. The highest BCUT2D eigenvalue weighted by molar-refractivity contribution is 6.06. The average Bonchev–Trinajstić information content (AvgIpc) is 3.41. The molecule has 1 unspecified atom stereocenters. The molecular formula is C26H29N7O6. The van der Waals surface area contributed by atoms with Gasteiger partial charge in [-0.25, -0.2) is 9.59 Å². The number of carbonyl (C=O) groups excluding carboxylic acids is 4. The Hall–Kier alpha value is -4.94. The number of carbonyl (C=O) groups is 5. The Morgan fingerprint density at radius 1 is 1.10 bits per heavy atom. The Bertz CT molecular complexity index is 1350. The van der Waals surface area contributed by atoms with Crippen LogP contribution in [0.25, 0.3) is 11.1 Å². The minimum atomic E-state index is -1.44. The number of hydrogen-bond acceptors (Lipinski definition) is 6. The van der Waals surface area contributed by atoms with Crippen molar-refractivity contribution in [2.45, 2.75) is 31.3 Å². The molecular weight excluding hydrogens is 506 g/mol. The van der Waals surface area contributed by atoms with E-state index < -0.39 is 54.9 Å². The molecule has 0 saturated carbocycles. The zero-order valence-electron chi connectivity index (χ0n) is 21.0. The molecule has 0 radical (unpaired) electrons. The number of nitrogens with zero attached hydrogens (tertiary/aromatic N) is 2. The number of benzene rings is 2. The van der Waals surface area contributed by atoms with E-state index in [0.29, 0.717) is 18.4 Å². The number of nitrogens with one attached hydrogen (secondary N) is 3. The molecule has 13 nitrogen and oxygen atoms in total. The van der Waals surface area contributed by atoms with E-state index in [0.717, 1.165) is 27.2 Å². The number of amides is 5. The second-order valence-electron chi connectivity index (χ2n) is 9.21. The van der Waals surface area contributed by atoms with E-state index in [9.17, 15) is 29.1 Å². The third-order valence-electron chi connectivity index (χ3n) is 6.56. The van der Waals surface area contributed by atoms with Gasteiger partial charge in [-0.3, -0.25) is 24.3 Å². The van der Waals surface area contributed by atoms with Crippen LogP contribution in [0.2, 0.25) is 0 Å². The van der Waals surface area contributed by atoms with Crippen LogP contribution in [0, 0.1) is 0 Å². The molecule has 1 aliphatic carbocycles. The summed E-state index contributed by atoms with van der Waals surface area (Å²) >= 11 is 0. The van der Waals surface area contributed by atoms with Gasteiger partial charge in [0, 0.05) is 18.7 Å². The minimum Gasteiger partial charge on any atom is -0.480 e. The number of carboxylic acid groups (broad SMARTS) is 1. The van der Waals surface area contributed by atoms with Gasteiger partial charge < -0.3 is 32.5 Å². The summed E-state index contributed by atoms with van der Waals surface area (Å²) in [6.07, 6.45) is 1.26. The van der Waals surface area contributed by atoms with Gasteiger partial charge in [0.15, 0.2) is 5.96 Å². The summed E-state index contributed by atoms with van der Waals surface area (Å²) in [4.78, 5) is 66.6. The van der Waals surface area contributed by atoms with Gasteiger partial charge in [-0.15, -0.1) is 0 Å². The fourth-order valence-electron chi connectivity index (χ4n) is 4.65. The summed E-state index contributed by atoms with van der Waals surface area (Å²) in [6, 6.07) is 10.1. The highest BCUT2D eigenvalue weighted by Crippen LogP contribution is 2.38. The predicted molar refractivity (Wildman–Crippen MR) is 141 cm³/mol. The lowest BCUT2D eigenvalue weighted by Gasteiger charge is -2.18. The molecule has 39 heavy (non-hydrogen) atoms. The van der Waals surface area contributed by atoms with Gasteiger partial charge in [0.25, 0.3) is 11.8 Å². The SMILES string of the molecule is NC(N)=NCCC[C@@H]1NC(=O)N(CC(=O)NCC(NC(=O)c2cccc3c2Cc2ccccc2-3)C(=O)O)C1=O. The van der Waals surface area contributed by atoms with Crippen LogP contribution in [-0.2, 0) is 20.8 Å². The minimum absolute atomic E-state index is 0.0795. The number of fused-ring (bicyclic) bond motifs is 3. The van der Waals surface area contributed by atoms with Crippen LogP contribution in [0.4, 0.5) is 4.79 Å². The molecule has 204 valence electrons. The van der Waals surface area contributed by atoms with Crippen LogP contribution in [0.15, 0.2) is 47.5 Å². The molecule has 5 amide bonds. The Balaban J connectivity index is 1.32. The third kappa shape index (κ3) is 6.14. The Labute approximate surface area is 223 Å². The monoisotopic (exact) mass is 535 g/mol. The average molecular weight is 536 g/mol. The number of nitrogens with two attached hydrogens (primary N) is 2. The molecule has 1 saturated heterocycles. The van der Waals surface area contributed by atoms with Gasteiger partial charge in [0.05, 0.1) is 0 Å². The van der Waals surface area contributed by atoms with Crippen LogP contribution in [0.5, 0.6) is 0 Å². The van der Waals surface area contributed by atoms with Crippen molar-refractivity contribution in [3.05, 3.63) is 59.2 Å². The summed E-state index contributed by atoms with van der Waals surface area (Å²) in [5.74, 6) is -3.35. The van der Waals surface area contributed by atoms with E-state index >= 15 is 0 Å². The molecule has 13 heteroatoms. The van der Waals surface area contributed by atoms with Gasteiger partial charge in [-0.2, -0.15) is 0 Å². The molecule has 2 atom stereocenters. The van der Waals surface area contributed by atoms with Gasteiger partial charge in [-0.05, 0) is 47.6 Å². The van der Waals surface area contributed by atoms with Crippen LogP contribution < -0.4 is 27.4 Å². The number of hydrogen-bond donors (Lipinski definition) is 6. The van der Waals surface area contributed by atoms with Crippen molar-refractivity contribution in [1.29, 1.82) is 0 Å². The first kappa shape index (κ1) is 27.1. The van der Waals surface area contributed by atoms with Gasteiger partial charge in [0.2, 0.25) is 5.91 Å². The van der Waals surface area contributed by atoms with Crippen molar-refractivity contribution >= 4 is 35.7 Å². The van der Waals surface area contributed by atoms with Gasteiger partial charge in [-0.1, -0.05) is 36.4 Å². The summed E-state index contributed by atoms with van der Waals surface area (Å²) in [5.41, 5.74) is 14.7. The Morgan fingerprint density at radius 3 is 2.59 bits per heavy atom. The molecule has 1 aliphatic heterocycles. The lowest BCUT2D eigenvalue weighted by Crippen LogP contribution is -2.50. The fraction of sp³-hybridized carbons (Fsp3) is 0.308. The van der Waals surface area contributed by atoms with Crippen LogP contribution in [0.3, 0.4) is 0 Å². The lowest BCUT2D eigenvalue weighted by molar-refractivity contribution is -0.139. The highest BCUT2D eigenvalue weighted by atomic mass is 16.4. The smallest absolute Gasteiger partial charge is 0.328 e. The molecule has 1 heterocycles. The highest BCUT2D eigenvalue weighted by Gasteiger charge is 2.38. The number of guanidine groups is 1. The number of rotatable bonds is 11. The maximum absolute atomic E-state index is 13.0. The quantitative estimate of drug-likeness (QED) is 0.0816. The van der Waals surface area contributed by atoms with Crippen LogP contribution >= 0.6 is 0 Å². The van der Waals surface area contributed by atoms with Crippen molar-refractivity contribution in [3.8, 4) is 11.1 Å². The summed E-state index contributed by atoms with van der Waals surface area (Å²) < 4.78 is 0. The molecule has 0 aromatic heterocycles. The van der Waals surface area contributed by atoms with E-state index in [-0.39, 0.29) is 18.9 Å². The van der Waals surface area contributed by atoms with E-state index in [4.69, 9.17) is 11.5 Å².